The predicted octanol–water partition coefficient (Wildman–Crippen LogP) is 1.64. The summed E-state index contributed by atoms with van der Waals surface area (Å²) < 4.78 is 1.82. The van der Waals surface area contributed by atoms with Gasteiger partial charge in [-0.1, -0.05) is 42.5 Å². The zero-order chi connectivity index (χ0) is 23.2. The number of nitrogens with one attached hydrogen (secondary N) is 1. The number of hydrogen-bond acceptors (Lipinski definition) is 8. The molecule has 33 heavy (non-hydrogen) atoms. The molecule has 4 aromatic rings. The molecule has 2 heterocycles. The first kappa shape index (κ1) is 21.6. The molecule has 0 saturated carbocycles. The highest BCUT2D eigenvalue weighted by molar-refractivity contribution is 6.67. The number of imidazole rings is 1. The van der Waals surface area contributed by atoms with E-state index in [9.17, 15) is 4.79 Å². The fourth-order valence-electron chi connectivity index (χ4n) is 3.40. The molecule has 0 aliphatic heterocycles. The van der Waals surface area contributed by atoms with Crippen LogP contribution in [0.4, 0.5) is 5.82 Å². The third kappa shape index (κ3) is 4.69. The summed E-state index contributed by atoms with van der Waals surface area (Å²) in [5.41, 5.74) is 10.4. The van der Waals surface area contributed by atoms with E-state index in [1.807, 2.05) is 59.2 Å². The highest BCUT2D eigenvalue weighted by atomic mass is 16.1. The summed E-state index contributed by atoms with van der Waals surface area (Å²) in [6, 6.07) is 17.3. The van der Waals surface area contributed by atoms with Gasteiger partial charge in [0.1, 0.15) is 12.7 Å². The van der Waals surface area contributed by atoms with Crippen LogP contribution in [0, 0.1) is 0 Å². The molecule has 0 unspecified atom stereocenters. The Hall–Kier alpha value is -4.60. The van der Waals surface area contributed by atoms with Crippen molar-refractivity contribution in [1.82, 2.24) is 24.8 Å². The number of rotatable bonds is 7. The molecule has 2 aromatic carbocycles. The van der Waals surface area contributed by atoms with Crippen molar-refractivity contribution in [1.29, 1.82) is 0 Å². The van der Waals surface area contributed by atoms with Crippen LogP contribution in [0.1, 0.15) is 11.1 Å². The number of benzene rings is 2. The summed E-state index contributed by atoms with van der Waals surface area (Å²) in [6.07, 6.45) is 3.51. The number of carbonyl (C=O) groups is 1. The van der Waals surface area contributed by atoms with E-state index < -0.39 is 0 Å². The first-order valence-electron chi connectivity index (χ1n) is 10.2. The predicted molar refractivity (Wildman–Crippen MR) is 128 cm³/mol. The third-order valence-electron chi connectivity index (χ3n) is 5.13. The van der Waals surface area contributed by atoms with E-state index in [-0.39, 0.29) is 11.6 Å². The van der Waals surface area contributed by atoms with Crippen LogP contribution in [0.15, 0.2) is 77.3 Å². The number of anilines is 1. The molecular formula is C23H23N9O. The SMILES string of the molecule is CN=C(Cc1ccccc1)C(=NN)C(=O)NCc1ccc(-n2cnc3c(N)ncnc32)cc1. The Morgan fingerprint density at radius 3 is 2.48 bits per heavy atom. The second kappa shape index (κ2) is 9.69. The summed E-state index contributed by atoms with van der Waals surface area (Å²) in [7, 11) is 1.62. The molecule has 2 aromatic heterocycles. The minimum atomic E-state index is -0.383. The molecule has 0 fully saturated rings. The van der Waals surface area contributed by atoms with E-state index in [0.717, 1.165) is 16.8 Å². The van der Waals surface area contributed by atoms with Crippen LogP contribution in [-0.4, -0.2) is 43.9 Å². The highest BCUT2D eigenvalue weighted by Crippen LogP contribution is 2.19. The Morgan fingerprint density at radius 1 is 1.03 bits per heavy atom. The number of nitrogens with zero attached hydrogens (tertiary/aromatic N) is 6. The molecule has 0 saturated heterocycles. The molecular weight excluding hydrogens is 418 g/mol. The summed E-state index contributed by atoms with van der Waals surface area (Å²) in [6.45, 7) is 0.306. The standard InChI is InChI=1S/C23H23N9O/c1-26-18(11-15-5-3-2-4-6-15)19(31-25)23(33)27-12-16-7-9-17(10-8-16)32-14-30-20-21(24)28-13-29-22(20)32/h2-10,13-14H,11-12,25H2,1H3,(H,27,33)(H2,24,28,29). The maximum atomic E-state index is 12.7. The Balaban J connectivity index is 1.43. The molecule has 166 valence electrons. The Kier molecular flexibility index (Phi) is 6.35. The van der Waals surface area contributed by atoms with Crippen LogP contribution in [0.2, 0.25) is 0 Å². The second-order valence-corrected chi connectivity index (χ2v) is 7.21. The highest BCUT2D eigenvalue weighted by Gasteiger charge is 2.18. The van der Waals surface area contributed by atoms with Gasteiger partial charge in [0.25, 0.3) is 5.91 Å². The number of nitrogen functional groups attached to an aromatic ring is 1. The smallest absolute Gasteiger partial charge is 0.273 e. The fourth-order valence-corrected chi connectivity index (χ4v) is 3.40. The topological polar surface area (TPSA) is 149 Å². The van der Waals surface area contributed by atoms with E-state index in [1.54, 1.807) is 13.4 Å². The Labute approximate surface area is 190 Å². The zero-order valence-corrected chi connectivity index (χ0v) is 18.0. The lowest BCUT2D eigenvalue weighted by molar-refractivity contribution is -0.114. The average molecular weight is 441 g/mol. The van der Waals surface area contributed by atoms with Crippen LogP contribution in [-0.2, 0) is 17.8 Å². The van der Waals surface area contributed by atoms with Gasteiger partial charge < -0.3 is 16.9 Å². The summed E-state index contributed by atoms with van der Waals surface area (Å²) in [5, 5.41) is 6.55. The van der Waals surface area contributed by atoms with Crippen LogP contribution >= 0.6 is 0 Å². The largest absolute Gasteiger partial charge is 0.382 e. The van der Waals surface area contributed by atoms with Gasteiger partial charge in [-0.2, -0.15) is 5.10 Å². The fraction of sp³-hybridized carbons (Fsp3) is 0.130. The zero-order valence-electron chi connectivity index (χ0n) is 18.0. The lowest BCUT2D eigenvalue weighted by Gasteiger charge is -2.11. The van der Waals surface area contributed by atoms with Gasteiger partial charge in [0.15, 0.2) is 22.7 Å². The second-order valence-electron chi connectivity index (χ2n) is 7.21. The Bertz CT molecular complexity index is 1330. The van der Waals surface area contributed by atoms with Crippen molar-refractivity contribution < 1.29 is 4.79 Å². The van der Waals surface area contributed by atoms with Crippen molar-refractivity contribution in [3.05, 3.63) is 78.4 Å². The van der Waals surface area contributed by atoms with Gasteiger partial charge in [0.05, 0.1) is 5.71 Å². The molecule has 4 rings (SSSR count). The minimum absolute atomic E-state index is 0.111. The minimum Gasteiger partial charge on any atom is -0.382 e. The van der Waals surface area contributed by atoms with E-state index in [4.69, 9.17) is 11.6 Å². The monoisotopic (exact) mass is 441 g/mol. The van der Waals surface area contributed by atoms with Gasteiger partial charge >= 0.3 is 0 Å². The van der Waals surface area contributed by atoms with E-state index in [1.165, 1.54) is 6.33 Å². The number of aliphatic imine (C=N–C) groups is 1. The summed E-state index contributed by atoms with van der Waals surface area (Å²) >= 11 is 0. The molecule has 0 radical (unpaired) electrons. The van der Waals surface area contributed by atoms with Crippen molar-refractivity contribution in [2.75, 3.05) is 12.8 Å². The van der Waals surface area contributed by atoms with E-state index >= 15 is 0 Å². The van der Waals surface area contributed by atoms with Crippen molar-refractivity contribution >= 4 is 34.3 Å². The molecule has 0 spiro atoms. The van der Waals surface area contributed by atoms with Gasteiger partial charge in [-0.15, -0.1) is 0 Å². The first-order chi connectivity index (χ1) is 16.1. The summed E-state index contributed by atoms with van der Waals surface area (Å²) in [5.74, 6) is 5.47. The molecule has 0 atom stereocenters. The van der Waals surface area contributed by atoms with E-state index in [0.29, 0.717) is 35.7 Å². The quantitative estimate of drug-likeness (QED) is 0.225. The Morgan fingerprint density at radius 2 is 1.79 bits per heavy atom. The maximum Gasteiger partial charge on any atom is 0.273 e. The first-order valence-corrected chi connectivity index (χ1v) is 10.2. The molecule has 0 bridgehead atoms. The van der Waals surface area contributed by atoms with Crippen LogP contribution in [0.3, 0.4) is 0 Å². The van der Waals surface area contributed by atoms with Gasteiger partial charge in [-0.25, -0.2) is 15.0 Å². The van der Waals surface area contributed by atoms with Gasteiger partial charge in [0, 0.05) is 25.7 Å². The maximum absolute atomic E-state index is 12.7. The number of carbonyl (C=O) groups excluding carboxylic acids is 1. The molecule has 5 N–H and O–H groups in total. The van der Waals surface area contributed by atoms with Gasteiger partial charge in [-0.05, 0) is 23.3 Å². The molecule has 10 heteroatoms. The number of fused-ring (bicyclic) bond motifs is 1. The van der Waals surface area contributed by atoms with Crippen molar-refractivity contribution in [3.63, 3.8) is 0 Å². The number of nitrogens with two attached hydrogens (primary N) is 2. The molecule has 10 nitrogen and oxygen atoms in total. The van der Waals surface area contributed by atoms with Crippen molar-refractivity contribution in [2.45, 2.75) is 13.0 Å². The van der Waals surface area contributed by atoms with Crippen molar-refractivity contribution in [3.8, 4) is 5.69 Å². The van der Waals surface area contributed by atoms with Crippen LogP contribution in [0.25, 0.3) is 16.9 Å². The van der Waals surface area contributed by atoms with Crippen molar-refractivity contribution in [2.24, 2.45) is 15.9 Å². The molecule has 0 aliphatic carbocycles. The number of hydrazone groups is 1. The lowest BCUT2D eigenvalue weighted by Crippen LogP contribution is -2.37. The van der Waals surface area contributed by atoms with Gasteiger partial charge in [0.2, 0.25) is 0 Å². The average Bonchev–Trinajstić information content (AvgIpc) is 3.29. The molecule has 1 amide bonds. The van der Waals surface area contributed by atoms with Crippen LogP contribution in [0.5, 0.6) is 0 Å². The molecule has 0 aliphatic rings. The summed E-state index contributed by atoms with van der Waals surface area (Å²) in [4.78, 5) is 29.4. The van der Waals surface area contributed by atoms with E-state index in [2.05, 4.69) is 30.4 Å². The lowest BCUT2D eigenvalue weighted by atomic mass is 10.0. The third-order valence-corrected chi connectivity index (χ3v) is 5.13. The number of hydrogen-bond donors (Lipinski definition) is 3. The van der Waals surface area contributed by atoms with Crippen LogP contribution < -0.4 is 16.9 Å². The number of aromatic nitrogens is 4. The van der Waals surface area contributed by atoms with Gasteiger partial charge in [-0.3, -0.25) is 14.4 Å². The number of amides is 1. The normalized spacial score (nSPS) is 12.2.